The smallest absolute Gasteiger partial charge is 0.237 e. The van der Waals surface area contributed by atoms with E-state index in [1.165, 1.54) is 0 Å². The fourth-order valence-corrected chi connectivity index (χ4v) is 1.27. The minimum atomic E-state index is -0.504. The summed E-state index contributed by atoms with van der Waals surface area (Å²) in [5.74, 6) is -0.662. The summed E-state index contributed by atoms with van der Waals surface area (Å²) in [5.41, 5.74) is 0. The number of nitrogens with zero attached hydrogens (tertiary/aromatic N) is 1. The van der Waals surface area contributed by atoms with E-state index in [2.05, 4.69) is 5.32 Å². The fraction of sp³-hybridized carbons (Fsp3) is 0.833. The lowest BCUT2D eigenvalue weighted by molar-refractivity contribution is -0.123. The van der Waals surface area contributed by atoms with Crippen LogP contribution in [-0.4, -0.2) is 25.2 Å². The second-order valence-electron chi connectivity index (χ2n) is 4.03. The largest absolute Gasteiger partial charge is 0.379 e. The van der Waals surface area contributed by atoms with Crippen LogP contribution in [0.5, 0.6) is 0 Å². The van der Waals surface area contributed by atoms with E-state index in [1.807, 2.05) is 26.8 Å². The van der Waals surface area contributed by atoms with Crippen molar-refractivity contribution in [3.05, 3.63) is 0 Å². The quantitative estimate of drug-likeness (QED) is 0.642. The molecule has 1 N–H and O–H groups in total. The van der Waals surface area contributed by atoms with Crippen molar-refractivity contribution < 1.29 is 9.53 Å². The highest BCUT2D eigenvalue weighted by Gasteiger charge is 2.15. The molecule has 0 bridgehead atoms. The van der Waals surface area contributed by atoms with E-state index >= 15 is 0 Å². The second kappa shape index (κ2) is 9.17. The molecule has 0 rings (SSSR count). The van der Waals surface area contributed by atoms with E-state index in [4.69, 9.17) is 10.00 Å². The molecule has 0 saturated carbocycles. The number of rotatable bonds is 8. The summed E-state index contributed by atoms with van der Waals surface area (Å²) in [7, 11) is 0. The van der Waals surface area contributed by atoms with E-state index in [-0.39, 0.29) is 12.0 Å². The van der Waals surface area contributed by atoms with Crippen LogP contribution in [0.15, 0.2) is 0 Å². The molecule has 4 heteroatoms. The summed E-state index contributed by atoms with van der Waals surface area (Å²) in [5, 5.41) is 11.5. The highest BCUT2D eigenvalue weighted by Crippen LogP contribution is 2.04. The van der Waals surface area contributed by atoms with Crippen LogP contribution < -0.4 is 5.32 Å². The highest BCUT2D eigenvalue weighted by molar-refractivity contribution is 5.80. The van der Waals surface area contributed by atoms with Crippen LogP contribution in [0.1, 0.15) is 40.0 Å². The summed E-state index contributed by atoms with van der Waals surface area (Å²) in [6, 6.07) is 2.02. The lowest BCUT2D eigenvalue weighted by Gasteiger charge is -2.10. The zero-order valence-electron chi connectivity index (χ0n) is 10.5. The Morgan fingerprint density at radius 2 is 2.19 bits per heavy atom. The molecule has 0 spiro atoms. The van der Waals surface area contributed by atoms with Gasteiger partial charge in [0.05, 0.1) is 12.2 Å². The van der Waals surface area contributed by atoms with Gasteiger partial charge in [-0.2, -0.15) is 5.26 Å². The van der Waals surface area contributed by atoms with Crippen molar-refractivity contribution in [1.29, 1.82) is 5.26 Å². The topological polar surface area (TPSA) is 62.1 Å². The minimum absolute atomic E-state index is 0.158. The van der Waals surface area contributed by atoms with Gasteiger partial charge in [-0.05, 0) is 26.7 Å². The molecule has 0 aromatic heterocycles. The van der Waals surface area contributed by atoms with Crippen molar-refractivity contribution in [2.24, 2.45) is 5.92 Å². The van der Waals surface area contributed by atoms with Crippen LogP contribution in [0.3, 0.4) is 0 Å². The van der Waals surface area contributed by atoms with E-state index in [1.54, 1.807) is 0 Å². The number of nitrogens with one attached hydrogen (secondary N) is 1. The Balaban J connectivity index is 3.60. The molecule has 92 valence electrons. The average Bonchev–Trinajstić information content (AvgIpc) is 2.24. The van der Waals surface area contributed by atoms with Crippen molar-refractivity contribution in [3.8, 4) is 6.07 Å². The third-order valence-electron chi connectivity index (χ3n) is 2.12. The predicted molar refractivity (Wildman–Crippen MR) is 62.7 cm³/mol. The van der Waals surface area contributed by atoms with E-state index in [0.717, 1.165) is 12.8 Å². The number of nitriles is 1. The molecule has 0 fully saturated rings. The highest BCUT2D eigenvalue weighted by atomic mass is 16.5. The third kappa shape index (κ3) is 7.24. The van der Waals surface area contributed by atoms with Crippen molar-refractivity contribution in [3.63, 3.8) is 0 Å². The summed E-state index contributed by atoms with van der Waals surface area (Å²) in [6.45, 7) is 7.14. The van der Waals surface area contributed by atoms with Crippen molar-refractivity contribution >= 4 is 5.91 Å². The molecule has 0 aliphatic carbocycles. The lowest BCUT2D eigenvalue weighted by Crippen LogP contribution is -2.31. The van der Waals surface area contributed by atoms with Gasteiger partial charge >= 0.3 is 0 Å². The summed E-state index contributed by atoms with van der Waals surface area (Å²) in [6.07, 6.45) is 2.49. The number of hydrogen-bond donors (Lipinski definition) is 1. The number of amides is 1. The monoisotopic (exact) mass is 226 g/mol. The first kappa shape index (κ1) is 14.9. The summed E-state index contributed by atoms with van der Waals surface area (Å²) >= 11 is 0. The summed E-state index contributed by atoms with van der Waals surface area (Å²) < 4.78 is 5.34. The van der Waals surface area contributed by atoms with Crippen LogP contribution >= 0.6 is 0 Å². The third-order valence-corrected chi connectivity index (χ3v) is 2.12. The number of ether oxygens (including phenoxy) is 1. The molecule has 1 amide bonds. The van der Waals surface area contributed by atoms with Gasteiger partial charge in [0.25, 0.3) is 0 Å². The first-order chi connectivity index (χ1) is 7.61. The lowest BCUT2D eigenvalue weighted by atomic mass is 10.1. The molecule has 0 aliphatic rings. The number of hydrogen-bond acceptors (Lipinski definition) is 3. The van der Waals surface area contributed by atoms with Crippen LogP contribution in [0.4, 0.5) is 0 Å². The van der Waals surface area contributed by atoms with Gasteiger partial charge in [-0.15, -0.1) is 0 Å². The van der Waals surface area contributed by atoms with Crippen molar-refractivity contribution in [1.82, 2.24) is 5.32 Å². The SMILES string of the molecule is CCCC(C#N)C(=O)NCCCOC(C)C. The Labute approximate surface area is 98.0 Å². The molecular formula is C12H22N2O2. The van der Waals surface area contributed by atoms with Gasteiger partial charge in [-0.3, -0.25) is 4.79 Å². The number of carbonyl (C=O) groups is 1. The van der Waals surface area contributed by atoms with Crippen LogP contribution in [0.25, 0.3) is 0 Å². The molecule has 1 atom stereocenters. The van der Waals surface area contributed by atoms with Crippen LogP contribution in [-0.2, 0) is 9.53 Å². The van der Waals surface area contributed by atoms with E-state index in [0.29, 0.717) is 19.6 Å². The van der Waals surface area contributed by atoms with Gasteiger partial charge in [0.2, 0.25) is 5.91 Å². The maximum Gasteiger partial charge on any atom is 0.237 e. The van der Waals surface area contributed by atoms with E-state index < -0.39 is 5.92 Å². The molecule has 0 radical (unpaired) electrons. The minimum Gasteiger partial charge on any atom is -0.379 e. The molecule has 0 heterocycles. The van der Waals surface area contributed by atoms with Crippen molar-refractivity contribution in [2.45, 2.75) is 46.1 Å². The molecule has 0 aromatic rings. The molecular weight excluding hydrogens is 204 g/mol. The molecule has 0 aliphatic heterocycles. The van der Waals surface area contributed by atoms with Gasteiger partial charge < -0.3 is 10.1 Å². The van der Waals surface area contributed by atoms with Gasteiger partial charge in [0, 0.05) is 13.2 Å². The predicted octanol–water partition coefficient (Wildman–Crippen LogP) is 1.86. The van der Waals surface area contributed by atoms with Gasteiger partial charge in [-0.25, -0.2) is 0 Å². The van der Waals surface area contributed by atoms with Gasteiger partial charge in [-0.1, -0.05) is 13.3 Å². The number of carbonyl (C=O) groups excluding carboxylic acids is 1. The molecule has 1 unspecified atom stereocenters. The zero-order chi connectivity index (χ0) is 12.4. The van der Waals surface area contributed by atoms with Crippen LogP contribution in [0, 0.1) is 17.2 Å². The van der Waals surface area contributed by atoms with E-state index in [9.17, 15) is 4.79 Å². The van der Waals surface area contributed by atoms with Crippen molar-refractivity contribution in [2.75, 3.05) is 13.2 Å². The van der Waals surface area contributed by atoms with Crippen LogP contribution in [0.2, 0.25) is 0 Å². The maximum absolute atomic E-state index is 11.5. The fourth-order valence-electron chi connectivity index (χ4n) is 1.27. The average molecular weight is 226 g/mol. The van der Waals surface area contributed by atoms with Gasteiger partial charge in [0.15, 0.2) is 0 Å². The Hall–Kier alpha value is -1.08. The maximum atomic E-state index is 11.5. The molecule has 0 saturated heterocycles. The molecule has 0 aromatic carbocycles. The Bertz CT molecular complexity index is 234. The Morgan fingerprint density at radius 3 is 2.69 bits per heavy atom. The molecule has 4 nitrogen and oxygen atoms in total. The normalized spacial score (nSPS) is 12.2. The first-order valence-electron chi connectivity index (χ1n) is 5.90. The Morgan fingerprint density at radius 1 is 1.50 bits per heavy atom. The standard InChI is InChI=1S/C12H22N2O2/c1-4-6-11(9-13)12(15)14-7-5-8-16-10(2)3/h10-11H,4-8H2,1-3H3,(H,14,15). The zero-order valence-corrected chi connectivity index (χ0v) is 10.5. The second-order valence-corrected chi connectivity index (χ2v) is 4.03. The molecule has 16 heavy (non-hydrogen) atoms. The first-order valence-corrected chi connectivity index (χ1v) is 5.90. The Kier molecular flexibility index (Phi) is 8.55. The summed E-state index contributed by atoms with van der Waals surface area (Å²) in [4.78, 5) is 11.5. The van der Waals surface area contributed by atoms with Gasteiger partial charge in [0.1, 0.15) is 5.92 Å².